The topological polar surface area (TPSA) is 12.1 Å². The van der Waals surface area contributed by atoms with Crippen molar-refractivity contribution in [2.24, 2.45) is 0 Å². The molecule has 0 saturated heterocycles. The Hall–Kier alpha value is -7.10. The second-order valence-corrected chi connectivity index (χ2v) is 19.4. The SMILES string of the molecule is CC(C)(C)c1cc2c3c4c5cc(C(C)(C)C)cc6c7ccc8ccccc8c7n(c4ccc3n3c4c(N(c7ccccc7)c7ccccc7)cc7ccccc7c4c(c1)c23)c65. The number of fused-ring (bicyclic) bond motifs is 17. The predicted molar refractivity (Wildman–Crippen MR) is 263 cm³/mol. The van der Waals surface area contributed by atoms with Crippen molar-refractivity contribution in [1.29, 1.82) is 0 Å². The number of para-hydroxylation sites is 2. The summed E-state index contributed by atoms with van der Waals surface area (Å²) in [6, 6.07) is 61.6. The molecule has 0 amide bonds. The van der Waals surface area contributed by atoms with Crippen LogP contribution < -0.4 is 4.90 Å². The lowest BCUT2D eigenvalue weighted by atomic mass is 9.84. The van der Waals surface area contributed by atoms with Crippen LogP contribution in [0.1, 0.15) is 52.7 Å². The first-order chi connectivity index (χ1) is 29.6. The van der Waals surface area contributed by atoms with Crippen LogP contribution in [-0.4, -0.2) is 8.80 Å². The Morgan fingerprint density at radius 3 is 1.39 bits per heavy atom. The van der Waals surface area contributed by atoms with E-state index in [4.69, 9.17) is 0 Å². The Labute approximate surface area is 354 Å². The number of aromatic nitrogens is 2. The Balaban J connectivity index is 1.31. The Morgan fingerprint density at radius 1 is 0.344 bits per heavy atom. The largest absolute Gasteiger partial charge is 0.308 e. The van der Waals surface area contributed by atoms with E-state index in [-0.39, 0.29) is 10.8 Å². The van der Waals surface area contributed by atoms with Gasteiger partial charge in [0, 0.05) is 59.9 Å². The van der Waals surface area contributed by atoms with Crippen LogP contribution in [-0.2, 0) is 10.8 Å². The van der Waals surface area contributed by atoms with Crippen LogP contribution in [0, 0.1) is 0 Å². The van der Waals surface area contributed by atoms with E-state index in [1.165, 1.54) is 115 Å². The van der Waals surface area contributed by atoms with Gasteiger partial charge in [0.05, 0.1) is 38.8 Å². The highest BCUT2D eigenvalue weighted by Crippen LogP contribution is 2.52. The molecule has 0 saturated carbocycles. The molecule has 13 aromatic rings. The van der Waals surface area contributed by atoms with Crippen LogP contribution in [0.15, 0.2) is 164 Å². The van der Waals surface area contributed by atoms with Crippen molar-refractivity contribution in [2.45, 2.75) is 52.4 Å². The number of rotatable bonds is 3. The summed E-state index contributed by atoms with van der Waals surface area (Å²) in [4.78, 5) is 2.46. The molecule has 292 valence electrons. The van der Waals surface area contributed by atoms with Crippen molar-refractivity contribution >= 4 is 115 Å². The fourth-order valence-corrected chi connectivity index (χ4v) is 10.9. The predicted octanol–water partition coefficient (Wildman–Crippen LogP) is 16.4. The molecule has 0 aliphatic heterocycles. The lowest BCUT2D eigenvalue weighted by Crippen LogP contribution is -2.11. The van der Waals surface area contributed by atoms with E-state index < -0.39 is 0 Å². The van der Waals surface area contributed by atoms with Crippen LogP contribution in [0.2, 0.25) is 0 Å². The molecule has 13 rings (SSSR count). The standard InChI is InChI=1S/C58H45N3/c1-57(2,3)36-30-43-42-26-25-34-17-13-16-24-41(34)53(42)60-47-27-28-48-52(51(47)45(32-36)54(43)60)46-33-37(58(4,5)6)31-44-50-40-23-15-14-18-35(40)29-49(56(50)61(48)55(44)46)59(38-19-9-7-10-20-38)39-21-11-8-12-22-39/h7-33H,1-6H3. The fraction of sp³-hybridized carbons (Fsp3) is 0.138. The molecule has 3 heteroatoms. The second-order valence-electron chi connectivity index (χ2n) is 19.4. The van der Waals surface area contributed by atoms with E-state index in [2.05, 4.69) is 219 Å². The Morgan fingerprint density at radius 2 is 0.803 bits per heavy atom. The zero-order valence-corrected chi connectivity index (χ0v) is 35.4. The zero-order valence-electron chi connectivity index (χ0n) is 35.4. The molecule has 3 nitrogen and oxygen atoms in total. The second kappa shape index (κ2) is 11.8. The molecule has 4 heterocycles. The molecule has 0 unspecified atom stereocenters. The van der Waals surface area contributed by atoms with Gasteiger partial charge in [-0.05, 0) is 105 Å². The average Bonchev–Trinajstić information content (AvgIpc) is 4.00. The number of benzene rings is 9. The summed E-state index contributed by atoms with van der Waals surface area (Å²) in [6.07, 6.45) is 0. The van der Waals surface area contributed by atoms with E-state index in [0.29, 0.717) is 0 Å². The summed E-state index contributed by atoms with van der Waals surface area (Å²) in [5.74, 6) is 0. The van der Waals surface area contributed by atoms with Crippen molar-refractivity contribution in [3.8, 4) is 0 Å². The van der Waals surface area contributed by atoms with Gasteiger partial charge in [-0.1, -0.05) is 139 Å². The molecule has 0 aliphatic rings. The van der Waals surface area contributed by atoms with E-state index >= 15 is 0 Å². The Kier molecular flexibility index (Phi) is 6.72. The zero-order chi connectivity index (χ0) is 41.1. The monoisotopic (exact) mass is 783 g/mol. The number of anilines is 3. The van der Waals surface area contributed by atoms with Crippen molar-refractivity contribution in [3.63, 3.8) is 0 Å². The summed E-state index contributed by atoms with van der Waals surface area (Å²) in [7, 11) is 0. The average molecular weight is 784 g/mol. The molecule has 0 atom stereocenters. The van der Waals surface area contributed by atoms with Crippen LogP contribution in [0.4, 0.5) is 17.1 Å². The third-order valence-corrected chi connectivity index (χ3v) is 13.8. The minimum Gasteiger partial charge on any atom is -0.308 e. The van der Waals surface area contributed by atoms with Gasteiger partial charge < -0.3 is 13.7 Å². The smallest absolute Gasteiger partial charge is 0.0789 e. The van der Waals surface area contributed by atoms with Gasteiger partial charge in [0.15, 0.2) is 0 Å². The third kappa shape index (κ3) is 4.58. The molecule has 0 bridgehead atoms. The van der Waals surface area contributed by atoms with Gasteiger partial charge >= 0.3 is 0 Å². The maximum atomic E-state index is 2.63. The molecule has 61 heavy (non-hydrogen) atoms. The van der Waals surface area contributed by atoms with Crippen molar-refractivity contribution in [1.82, 2.24) is 8.80 Å². The van der Waals surface area contributed by atoms with Gasteiger partial charge in [-0.2, -0.15) is 0 Å². The maximum Gasteiger partial charge on any atom is 0.0789 e. The number of hydrogen-bond donors (Lipinski definition) is 0. The van der Waals surface area contributed by atoms with Gasteiger partial charge in [0.2, 0.25) is 0 Å². The molecule has 4 aromatic heterocycles. The van der Waals surface area contributed by atoms with Gasteiger partial charge in [-0.25, -0.2) is 0 Å². The van der Waals surface area contributed by atoms with E-state index in [1.807, 2.05) is 0 Å². The van der Waals surface area contributed by atoms with E-state index in [9.17, 15) is 0 Å². The third-order valence-electron chi connectivity index (χ3n) is 13.8. The minimum atomic E-state index is -0.0762. The maximum absolute atomic E-state index is 2.63. The summed E-state index contributed by atoms with van der Waals surface area (Å²) in [5, 5.41) is 15.7. The van der Waals surface area contributed by atoms with Crippen molar-refractivity contribution in [2.75, 3.05) is 4.90 Å². The molecule has 9 aromatic carbocycles. The van der Waals surface area contributed by atoms with Crippen LogP contribution >= 0.6 is 0 Å². The summed E-state index contributed by atoms with van der Waals surface area (Å²) >= 11 is 0. The lowest BCUT2D eigenvalue weighted by molar-refractivity contribution is 0.591. The summed E-state index contributed by atoms with van der Waals surface area (Å²) < 4.78 is 5.24. The number of hydrogen-bond acceptors (Lipinski definition) is 1. The highest BCUT2D eigenvalue weighted by atomic mass is 15.2. The van der Waals surface area contributed by atoms with Gasteiger partial charge in [0.1, 0.15) is 0 Å². The summed E-state index contributed by atoms with van der Waals surface area (Å²) in [6.45, 7) is 14.1. The lowest BCUT2D eigenvalue weighted by Gasteiger charge is -2.27. The Bertz CT molecular complexity index is 3890. The van der Waals surface area contributed by atoms with Crippen molar-refractivity contribution in [3.05, 3.63) is 175 Å². The minimum absolute atomic E-state index is 0.0359. The van der Waals surface area contributed by atoms with Crippen LogP contribution in [0.25, 0.3) is 97.7 Å². The first-order valence-electron chi connectivity index (χ1n) is 21.7. The van der Waals surface area contributed by atoms with Gasteiger partial charge in [-0.15, -0.1) is 0 Å². The molecule has 0 spiro atoms. The first kappa shape index (κ1) is 34.7. The molecule has 0 N–H and O–H groups in total. The van der Waals surface area contributed by atoms with Gasteiger partial charge in [0.25, 0.3) is 0 Å². The van der Waals surface area contributed by atoms with Crippen LogP contribution in [0.3, 0.4) is 0 Å². The highest BCUT2D eigenvalue weighted by Gasteiger charge is 2.30. The quantitative estimate of drug-likeness (QED) is 0.174. The fourth-order valence-electron chi connectivity index (χ4n) is 10.9. The molecular weight excluding hydrogens is 739 g/mol. The molecular formula is C58H45N3. The normalized spacial score (nSPS) is 13.1. The van der Waals surface area contributed by atoms with Crippen LogP contribution in [0.5, 0.6) is 0 Å². The first-order valence-corrected chi connectivity index (χ1v) is 21.7. The molecule has 0 fully saturated rings. The summed E-state index contributed by atoms with van der Waals surface area (Å²) in [5.41, 5.74) is 13.7. The van der Waals surface area contributed by atoms with E-state index in [1.54, 1.807) is 0 Å². The molecule has 0 radical (unpaired) electrons. The van der Waals surface area contributed by atoms with Gasteiger partial charge in [-0.3, -0.25) is 0 Å². The molecule has 0 aliphatic carbocycles. The van der Waals surface area contributed by atoms with E-state index in [0.717, 1.165) is 11.4 Å². The number of nitrogens with zero attached hydrogens (tertiary/aromatic N) is 3. The van der Waals surface area contributed by atoms with Crippen molar-refractivity contribution < 1.29 is 0 Å². The highest BCUT2D eigenvalue weighted by molar-refractivity contribution is 6.38.